The minimum Gasteiger partial charge on any atom is -0.489 e. The van der Waals surface area contributed by atoms with Crippen molar-refractivity contribution < 1.29 is 9.53 Å². The number of likely N-dealkylation sites (tertiary alicyclic amines) is 1. The molecule has 5 heteroatoms. The van der Waals surface area contributed by atoms with Crippen molar-refractivity contribution in [2.75, 3.05) is 19.7 Å². The lowest BCUT2D eigenvalue weighted by Crippen LogP contribution is -2.39. The number of amides is 1. The van der Waals surface area contributed by atoms with Gasteiger partial charge in [0.2, 0.25) is 0 Å². The second kappa shape index (κ2) is 8.48. The highest BCUT2D eigenvalue weighted by atomic mass is 16.5. The van der Waals surface area contributed by atoms with E-state index in [1.54, 1.807) is 18.2 Å². The van der Waals surface area contributed by atoms with Crippen LogP contribution in [-0.4, -0.2) is 42.3 Å². The SMILES string of the molecule is C=CCOc1ccccc1C(=O)NN=C1CCN(C(C)C)CC1. The van der Waals surface area contributed by atoms with E-state index >= 15 is 0 Å². The number of carbonyl (C=O) groups is 1. The summed E-state index contributed by atoms with van der Waals surface area (Å²) in [6.45, 7) is 10.4. The smallest absolute Gasteiger partial charge is 0.275 e. The van der Waals surface area contributed by atoms with Gasteiger partial charge in [0.1, 0.15) is 12.4 Å². The van der Waals surface area contributed by atoms with Gasteiger partial charge in [-0.3, -0.25) is 4.79 Å². The molecule has 1 aliphatic rings. The van der Waals surface area contributed by atoms with Crippen molar-refractivity contribution in [3.8, 4) is 5.75 Å². The summed E-state index contributed by atoms with van der Waals surface area (Å²) in [5, 5.41) is 4.29. The highest BCUT2D eigenvalue weighted by Gasteiger charge is 2.18. The van der Waals surface area contributed by atoms with E-state index in [9.17, 15) is 4.79 Å². The van der Waals surface area contributed by atoms with Crippen LogP contribution in [0.25, 0.3) is 0 Å². The summed E-state index contributed by atoms with van der Waals surface area (Å²) in [4.78, 5) is 14.7. The maximum Gasteiger partial charge on any atom is 0.275 e. The zero-order chi connectivity index (χ0) is 16.7. The predicted molar refractivity (Wildman–Crippen MR) is 93.0 cm³/mol. The number of piperidine rings is 1. The first-order chi connectivity index (χ1) is 11.1. The average molecular weight is 315 g/mol. The lowest BCUT2D eigenvalue weighted by molar-refractivity contribution is 0.0950. The van der Waals surface area contributed by atoms with Crippen LogP contribution in [0.2, 0.25) is 0 Å². The van der Waals surface area contributed by atoms with Crippen LogP contribution in [0.3, 0.4) is 0 Å². The highest BCUT2D eigenvalue weighted by Crippen LogP contribution is 2.18. The van der Waals surface area contributed by atoms with Gasteiger partial charge in [0, 0.05) is 37.7 Å². The molecule has 0 aliphatic carbocycles. The minimum absolute atomic E-state index is 0.247. The van der Waals surface area contributed by atoms with Gasteiger partial charge in [-0.2, -0.15) is 5.10 Å². The predicted octanol–water partition coefficient (Wildman–Crippen LogP) is 2.84. The number of hydrogen-bond acceptors (Lipinski definition) is 4. The number of carbonyl (C=O) groups excluding carboxylic acids is 1. The molecule has 1 N–H and O–H groups in total. The molecule has 0 unspecified atom stereocenters. The first-order valence-electron chi connectivity index (χ1n) is 8.04. The molecule has 1 fully saturated rings. The molecule has 23 heavy (non-hydrogen) atoms. The molecule has 0 atom stereocenters. The van der Waals surface area contributed by atoms with Crippen LogP contribution >= 0.6 is 0 Å². The van der Waals surface area contributed by atoms with Crippen LogP contribution in [0, 0.1) is 0 Å². The van der Waals surface area contributed by atoms with Gasteiger partial charge < -0.3 is 9.64 Å². The number of ether oxygens (including phenoxy) is 1. The molecule has 1 heterocycles. The molecule has 0 saturated carbocycles. The first-order valence-corrected chi connectivity index (χ1v) is 8.04. The van der Waals surface area contributed by atoms with Gasteiger partial charge in [0.05, 0.1) is 5.56 Å². The molecule has 5 nitrogen and oxygen atoms in total. The Bertz CT molecular complexity index is 571. The standard InChI is InChI=1S/C18H25N3O2/c1-4-13-23-17-8-6-5-7-16(17)18(22)20-19-15-9-11-21(12-10-15)14(2)3/h4-8,14H,1,9-13H2,2-3H3,(H,20,22). The number of rotatable bonds is 6. The average Bonchev–Trinajstić information content (AvgIpc) is 2.58. The van der Waals surface area contributed by atoms with Crippen LogP contribution in [-0.2, 0) is 0 Å². The van der Waals surface area contributed by atoms with Gasteiger partial charge in [0.25, 0.3) is 5.91 Å². The summed E-state index contributed by atoms with van der Waals surface area (Å²) < 4.78 is 5.51. The Kier molecular flexibility index (Phi) is 6.35. The van der Waals surface area contributed by atoms with Crippen molar-refractivity contribution in [2.24, 2.45) is 5.10 Å². The van der Waals surface area contributed by atoms with E-state index in [4.69, 9.17) is 4.74 Å². The monoisotopic (exact) mass is 315 g/mol. The molecule has 124 valence electrons. The van der Waals surface area contributed by atoms with Gasteiger partial charge in [-0.25, -0.2) is 5.43 Å². The van der Waals surface area contributed by atoms with Crippen molar-refractivity contribution in [1.29, 1.82) is 0 Å². The van der Waals surface area contributed by atoms with Crippen LogP contribution in [0.15, 0.2) is 42.0 Å². The number of hydrogen-bond donors (Lipinski definition) is 1. The highest BCUT2D eigenvalue weighted by molar-refractivity contribution is 5.98. The molecule has 1 aliphatic heterocycles. The van der Waals surface area contributed by atoms with Gasteiger partial charge in [-0.15, -0.1) is 0 Å². The summed E-state index contributed by atoms with van der Waals surface area (Å²) in [5.41, 5.74) is 4.18. The Morgan fingerprint density at radius 3 is 2.74 bits per heavy atom. The number of nitrogens with zero attached hydrogens (tertiary/aromatic N) is 2. The zero-order valence-electron chi connectivity index (χ0n) is 13.9. The molecule has 1 amide bonds. The summed E-state index contributed by atoms with van der Waals surface area (Å²) in [5.74, 6) is 0.295. The maximum atomic E-state index is 12.3. The summed E-state index contributed by atoms with van der Waals surface area (Å²) in [6, 6.07) is 7.70. The zero-order valence-corrected chi connectivity index (χ0v) is 13.9. The van der Waals surface area contributed by atoms with Gasteiger partial charge in [-0.05, 0) is 26.0 Å². The largest absolute Gasteiger partial charge is 0.489 e. The van der Waals surface area contributed by atoms with Gasteiger partial charge in [-0.1, -0.05) is 24.8 Å². The lowest BCUT2D eigenvalue weighted by Gasteiger charge is -2.30. The topological polar surface area (TPSA) is 53.9 Å². The fourth-order valence-corrected chi connectivity index (χ4v) is 2.53. The molecule has 0 bridgehead atoms. The van der Waals surface area contributed by atoms with Crippen molar-refractivity contribution in [2.45, 2.75) is 32.7 Å². The molecule has 2 rings (SSSR count). The second-order valence-electron chi connectivity index (χ2n) is 5.84. The molecular formula is C18H25N3O2. The van der Waals surface area contributed by atoms with E-state index in [0.29, 0.717) is 24.0 Å². The van der Waals surface area contributed by atoms with E-state index in [2.05, 4.69) is 35.9 Å². The molecular weight excluding hydrogens is 290 g/mol. The Balaban J connectivity index is 1.95. The third-order valence-electron chi connectivity index (χ3n) is 3.91. The summed E-state index contributed by atoms with van der Waals surface area (Å²) >= 11 is 0. The Morgan fingerprint density at radius 2 is 2.09 bits per heavy atom. The van der Waals surface area contributed by atoms with Crippen molar-refractivity contribution in [3.05, 3.63) is 42.5 Å². The van der Waals surface area contributed by atoms with E-state index in [1.807, 2.05) is 12.1 Å². The van der Waals surface area contributed by atoms with E-state index in [-0.39, 0.29) is 5.91 Å². The Labute approximate surface area is 138 Å². The van der Waals surface area contributed by atoms with Gasteiger partial charge in [0.15, 0.2) is 0 Å². The molecule has 1 saturated heterocycles. The van der Waals surface area contributed by atoms with Crippen molar-refractivity contribution in [1.82, 2.24) is 10.3 Å². The third kappa shape index (κ3) is 4.93. The van der Waals surface area contributed by atoms with Gasteiger partial charge >= 0.3 is 0 Å². The number of para-hydroxylation sites is 1. The first kappa shape index (κ1) is 17.2. The molecule has 0 radical (unpaired) electrons. The Morgan fingerprint density at radius 1 is 1.39 bits per heavy atom. The number of benzene rings is 1. The van der Waals surface area contributed by atoms with Crippen LogP contribution in [0.4, 0.5) is 0 Å². The van der Waals surface area contributed by atoms with Crippen molar-refractivity contribution >= 4 is 11.6 Å². The number of hydrazone groups is 1. The fraction of sp³-hybridized carbons (Fsp3) is 0.444. The normalized spacial score (nSPS) is 15.3. The molecule has 0 spiro atoms. The van der Waals surface area contributed by atoms with Crippen molar-refractivity contribution in [3.63, 3.8) is 0 Å². The Hall–Kier alpha value is -2.14. The van der Waals surface area contributed by atoms with Crippen LogP contribution < -0.4 is 10.2 Å². The second-order valence-corrected chi connectivity index (χ2v) is 5.84. The maximum absolute atomic E-state index is 12.3. The van der Waals surface area contributed by atoms with Crippen LogP contribution in [0.5, 0.6) is 5.75 Å². The lowest BCUT2D eigenvalue weighted by atomic mass is 10.1. The molecule has 0 aromatic heterocycles. The van der Waals surface area contributed by atoms with E-state index < -0.39 is 0 Å². The quantitative estimate of drug-likeness (QED) is 0.649. The minimum atomic E-state index is -0.247. The third-order valence-corrected chi connectivity index (χ3v) is 3.91. The summed E-state index contributed by atoms with van der Waals surface area (Å²) in [7, 11) is 0. The van der Waals surface area contributed by atoms with E-state index in [0.717, 1.165) is 31.6 Å². The van der Waals surface area contributed by atoms with Crippen LogP contribution in [0.1, 0.15) is 37.0 Å². The number of nitrogens with one attached hydrogen (secondary N) is 1. The molecule has 1 aromatic carbocycles. The molecule has 1 aromatic rings. The van der Waals surface area contributed by atoms with E-state index in [1.165, 1.54) is 0 Å². The summed E-state index contributed by atoms with van der Waals surface area (Å²) in [6.07, 6.45) is 3.44. The fourth-order valence-electron chi connectivity index (χ4n) is 2.53.